The van der Waals surface area contributed by atoms with Crippen molar-refractivity contribution in [3.8, 4) is 22.5 Å². The molecule has 0 bridgehead atoms. The molecule has 0 unspecified atom stereocenters. The molecule has 0 saturated carbocycles. The van der Waals surface area contributed by atoms with Gasteiger partial charge in [-0.3, -0.25) is 10.1 Å². The highest BCUT2D eigenvalue weighted by Crippen LogP contribution is 2.37. The maximum atomic E-state index is 10.8. The summed E-state index contributed by atoms with van der Waals surface area (Å²) in [4.78, 5) is 31.2. The Hall–Kier alpha value is -4.38. The van der Waals surface area contributed by atoms with E-state index in [1.165, 1.54) is 17.8 Å². The molecule has 4 aromatic rings. The van der Waals surface area contributed by atoms with Crippen LogP contribution in [0, 0.1) is 10.1 Å². The van der Waals surface area contributed by atoms with Crippen LogP contribution in [0.1, 0.15) is 24.3 Å². The zero-order chi connectivity index (χ0) is 24.7. The van der Waals surface area contributed by atoms with E-state index in [0.29, 0.717) is 30.8 Å². The molecule has 0 amide bonds. The van der Waals surface area contributed by atoms with Gasteiger partial charge in [0.2, 0.25) is 5.95 Å². The van der Waals surface area contributed by atoms with Crippen LogP contribution in [0.25, 0.3) is 22.5 Å². The molecule has 4 heterocycles. The number of nitrogens with zero attached hydrogens (tertiary/aromatic N) is 5. The van der Waals surface area contributed by atoms with Crippen LogP contribution in [0.15, 0.2) is 61.3 Å². The van der Waals surface area contributed by atoms with E-state index in [1.54, 1.807) is 18.6 Å². The van der Waals surface area contributed by atoms with Gasteiger partial charge in [0, 0.05) is 36.5 Å². The van der Waals surface area contributed by atoms with Crippen molar-refractivity contribution >= 4 is 17.5 Å². The first-order valence-corrected chi connectivity index (χ1v) is 11.9. The van der Waals surface area contributed by atoms with Gasteiger partial charge in [0.1, 0.15) is 12.0 Å². The summed E-state index contributed by atoms with van der Waals surface area (Å²) in [5.41, 5.74) is 4.98. The van der Waals surface area contributed by atoms with Crippen LogP contribution in [-0.2, 0) is 0 Å². The summed E-state index contributed by atoms with van der Waals surface area (Å²) in [6.45, 7) is 3.11. The summed E-state index contributed by atoms with van der Waals surface area (Å²) in [6.07, 6.45) is 8.68. The van der Waals surface area contributed by atoms with E-state index in [1.807, 2.05) is 12.3 Å². The van der Waals surface area contributed by atoms with Crippen molar-refractivity contribution in [3.05, 3.63) is 77.0 Å². The van der Waals surface area contributed by atoms with Crippen LogP contribution in [0.4, 0.5) is 17.5 Å². The van der Waals surface area contributed by atoms with Crippen molar-refractivity contribution in [2.45, 2.75) is 18.8 Å². The lowest BCUT2D eigenvalue weighted by Crippen LogP contribution is -2.26. The maximum Gasteiger partial charge on any atom is 0.287 e. The van der Waals surface area contributed by atoms with Crippen LogP contribution in [0.2, 0.25) is 0 Å². The highest BCUT2D eigenvalue weighted by atomic mass is 16.6. The minimum atomic E-state index is -0.469. The van der Waals surface area contributed by atoms with Crippen LogP contribution in [0.5, 0.6) is 0 Å². The predicted octanol–water partition coefficient (Wildman–Crippen LogP) is 3.83. The molecule has 36 heavy (non-hydrogen) atoms. The van der Waals surface area contributed by atoms with E-state index in [9.17, 15) is 10.1 Å². The van der Waals surface area contributed by atoms with Crippen molar-refractivity contribution in [3.63, 3.8) is 0 Å². The molecule has 11 heteroatoms. The van der Waals surface area contributed by atoms with Crippen LogP contribution in [0.3, 0.4) is 0 Å². The Morgan fingerprint density at radius 2 is 1.81 bits per heavy atom. The van der Waals surface area contributed by atoms with Crippen molar-refractivity contribution in [2.75, 3.05) is 36.8 Å². The Morgan fingerprint density at radius 3 is 2.56 bits per heavy atom. The molecular formula is C25H27N9O2. The van der Waals surface area contributed by atoms with Gasteiger partial charge in [-0.25, -0.2) is 19.9 Å². The minimum Gasteiger partial charge on any atom is -0.368 e. The molecule has 1 aromatic carbocycles. The SMILES string of the molecule is O=[N+]([O-])c1ccc(NCCNc2ncc(-c3cnc[nH]3)c(-c3ccccc3C3CCNCC3)n2)nc1. The lowest BCUT2D eigenvalue weighted by atomic mass is 9.85. The predicted molar refractivity (Wildman–Crippen MR) is 138 cm³/mol. The summed E-state index contributed by atoms with van der Waals surface area (Å²) in [5, 5.41) is 20.6. The Kier molecular flexibility index (Phi) is 7.08. The molecule has 0 radical (unpaired) electrons. The fraction of sp³-hybridized carbons (Fsp3) is 0.280. The molecule has 0 atom stereocenters. The number of piperidine rings is 1. The van der Waals surface area contributed by atoms with Gasteiger partial charge in [-0.15, -0.1) is 0 Å². The van der Waals surface area contributed by atoms with E-state index in [-0.39, 0.29) is 5.69 Å². The second-order valence-electron chi connectivity index (χ2n) is 8.54. The highest BCUT2D eigenvalue weighted by molar-refractivity contribution is 5.81. The van der Waals surface area contributed by atoms with Gasteiger partial charge in [-0.2, -0.15) is 0 Å². The lowest BCUT2D eigenvalue weighted by molar-refractivity contribution is -0.385. The molecule has 1 saturated heterocycles. The molecule has 3 aromatic heterocycles. The number of H-pyrrole nitrogens is 1. The molecular weight excluding hydrogens is 458 g/mol. The minimum absolute atomic E-state index is 0.0401. The average molecular weight is 486 g/mol. The van der Waals surface area contributed by atoms with Gasteiger partial charge in [0.05, 0.1) is 28.8 Å². The zero-order valence-electron chi connectivity index (χ0n) is 19.6. The van der Waals surface area contributed by atoms with E-state index >= 15 is 0 Å². The first-order valence-electron chi connectivity index (χ1n) is 11.9. The number of rotatable bonds is 9. The molecule has 0 spiro atoms. The molecule has 11 nitrogen and oxygen atoms in total. The Labute approximate surface area is 208 Å². The quantitative estimate of drug-likeness (QED) is 0.158. The molecule has 184 valence electrons. The fourth-order valence-corrected chi connectivity index (χ4v) is 4.44. The maximum absolute atomic E-state index is 10.8. The van der Waals surface area contributed by atoms with Crippen molar-refractivity contribution < 1.29 is 4.92 Å². The standard InChI is InChI=1S/C25H27N9O2/c35-34(36)18-5-6-23(30-13-18)28-11-12-29-25-31-14-21(22-15-27-16-32-22)24(33-25)20-4-2-1-3-19(20)17-7-9-26-10-8-17/h1-6,13-17,26H,7-12H2,(H,27,32)(H,28,30)(H,29,31,33). The number of hydrogen-bond acceptors (Lipinski definition) is 9. The average Bonchev–Trinajstić information content (AvgIpc) is 3.47. The number of aromatic nitrogens is 5. The Morgan fingerprint density at radius 1 is 0.972 bits per heavy atom. The summed E-state index contributed by atoms with van der Waals surface area (Å²) >= 11 is 0. The number of pyridine rings is 1. The molecule has 1 aliphatic rings. The molecule has 1 fully saturated rings. The normalized spacial score (nSPS) is 13.9. The number of nitrogens with one attached hydrogen (secondary N) is 4. The summed E-state index contributed by atoms with van der Waals surface area (Å²) in [6, 6.07) is 11.5. The number of anilines is 2. The number of benzene rings is 1. The van der Waals surface area contributed by atoms with E-state index < -0.39 is 4.92 Å². The van der Waals surface area contributed by atoms with Gasteiger partial charge in [-0.05, 0) is 43.5 Å². The largest absolute Gasteiger partial charge is 0.368 e. The van der Waals surface area contributed by atoms with Crippen molar-refractivity contribution in [1.82, 2.24) is 30.2 Å². The van der Waals surface area contributed by atoms with Crippen LogP contribution < -0.4 is 16.0 Å². The van der Waals surface area contributed by atoms with Gasteiger partial charge in [0.25, 0.3) is 5.69 Å². The number of aromatic amines is 1. The second-order valence-corrected chi connectivity index (χ2v) is 8.54. The smallest absolute Gasteiger partial charge is 0.287 e. The van der Waals surface area contributed by atoms with E-state index in [0.717, 1.165) is 48.4 Å². The van der Waals surface area contributed by atoms with Gasteiger partial charge in [-0.1, -0.05) is 24.3 Å². The first-order chi connectivity index (χ1) is 17.7. The second kappa shape index (κ2) is 10.9. The molecule has 0 aliphatic carbocycles. The first kappa shape index (κ1) is 23.4. The van der Waals surface area contributed by atoms with E-state index in [2.05, 4.69) is 54.1 Å². The van der Waals surface area contributed by atoms with E-state index in [4.69, 9.17) is 4.98 Å². The van der Waals surface area contributed by atoms with Crippen molar-refractivity contribution in [2.24, 2.45) is 0 Å². The third-order valence-electron chi connectivity index (χ3n) is 6.24. The monoisotopic (exact) mass is 485 g/mol. The Balaban J connectivity index is 1.35. The molecule has 4 N–H and O–H groups in total. The van der Waals surface area contributed by atoms with Gasteiger partial charge >= 0.3 is 0 Å². The van der Waals surface area contributed by atoms with Gasteiger partial charge < -0.3 is 20.9 Å². The molecule has 1 aliphatic heterocycles. The summed E-state index contributed by atoms with van der Waals surface area (Å²) < 4.78 is 0. The Bertz CT molecular complexity index is 1300. The topological polar surface area (TPSA) is 147 Å². The highest BCUT2D eigenvalue weighted by Gasteiger charge is 2.22. The third kappa shape index (κ3) is 5.31. The molecule has 5 rings (SSSR count). The van der Waals surface area contributed by atoms with Crippen molar-refractivity contribution in [1.29, 1.82) is 0 Å². The number of hydrogen-bond donors (Lipinski definition) is 4. The van der Waals surface area contributed by atoms with Crippen LogP contribution in [-0.4, -0.2) is 56.0 Å². The zero-order valence-corrected chi connectivity index (χ0v) is 19.6. The fourth-order valence-electron chi connectivity index (χ4n) is 4.44. The third-order valence-corrected chi connectivity index (χ3v) is 6.24. The lowest BCUT2D eigenvalue weighted by Gasteiger charge is -2.25. The number of imidazole rings is 1. The summed E-state index contributed by atoms with van der Waals surface area (Å²) in [7, 11) is 0. The van der Waals surface area contributed by atoms with Gasteiger partial charge in [0.15, 0.2) is 0 Å². The summed E-state index contributed by atoms with van der Waals surface area (Å²) in [5.74, 6) is 1.56. The van der Waals surface area contributed by atoms with Crippen LogP contribution >= 0.6 is 0 Å². The number of nitro groups is 1.